The molecule has 0 aliphatic rings. The van der Waals surface area contributed by atoms with E-state index < -0.39 is 0 Å². The van der Waals surface area contributed by atoms with Crippen LogP contribution in [0.25, 0.3) is 0 Å². The van der Waals surface area contributed by atoms with E-state index >= 15 is 0 Å². The van der Waals surface area contributed by atoms with Gasteiger partial charge in [0.25, 0.3) is 0 Å². The smallest absolute Gasteiger partial charge is 0.156 e. The molecule has 76 valence electrons. The summed E-state index contributed by atoms with van der Waals surface area (Å²) in [6.07, 6.45) is 6.82. The third-order valence-electron chi connectivity index (χ3n) is 1.79. The molecule has 4 nitrogen and oxygen atoms in total. The van der Waals surface area contributed by atoms with E-state index in [2.05, 4.69) is 15.0 Å². The fourth-order valence-electron chi connectivity index (χ4n) is 1.08. The lowest BCUT2D eigenvalue weighted by Crippen LogP contribution is -1.94. The molecule has 0 amide bonds. The number of nitrogens with zero attached hydrogens (tertiary/aromatic N) is 3. The van der Waals surface area contributed by atoms with Crippen LogP contribution in [-0.2, 0) is 5.75 Å². The summed E-state index contributed by atoms with van der Waals surface area (Å²) in [5.74, 6) is 1.28. The number of nitrogen functional groups attached to an aromatic ring is 1. The molecule has 0 radical (unpaired) electrons. The lowest BCUT2D eigenvalue weighted by molar-refractivity contribution is 1.07. The number of hydrogen-bond acceptors (Lipinski definition) is 5. The number of rotatable bonds is 3. The van der Waals surface area contributed by atoms with Crippen molar-refractivity contribution in [2.75, 3.05) is 5.73 Å². The molecule has 0 spiro atoms. The summed E-state index contributed by atoms with van der Waals surface area (Å²) in [5.41, 5.74) is 6.82. The van der Waals surface area contributed by atoms with Crippen molar-refractivity contribution < 1.29 is 0 Å². The summed E-state index contributed by atoms with van der Waals surface area (Å²) in [6.45, 7) is 0. The maximum Gasteiger partial charge on any atom is 0.156 e. The van der Waals surface area contributed by atoms with Crippen LogP contribution in [-0.4, -0.2) is 15.0 Å². The minimum Gasteiger partial charge on any atom is -0.381 e. The maximum absolute atomic E-state index is 5.67. The first-order valence-electron chi connectivity index (χ1n) is 4.44. The Labute approximate surface area is 92.0 Å². The van der Waals surface area contributed by atoms with Crippen LogP contribution in [0.5, 0.6) is 0 Å². The van der Waals surface area contributed by atoms with Crippen LogP contribution in [0.4, 0.5) is 5.82 Å². The van der Waals surface area contributed by atoms with E-state index in [0.29, 0.717) is 5.82 Å². The summed E-state index contributed by atoms with van der Waals surface area (Å²) >= 11 is 1.56. The molecule has 0 bridgehead atoms. The SMILES string of the molecule is Nc1nccnc1SCc1cccnc1. The van der Waals surface area contributed by atoms with Crippen molar-refractivity contribution in [2.24, 2.45) is 0 Å². The third kappa shape index (κ3) is 2.66. The normalized spacial score (nSPS) is 10.1. The van der Waals surface area contributed by atoms with Gasteiger partial charge in [-0.3, -0.25) is 4.98 Å². The van der Waals surface area contributed by atoms with E-state index in [1.807, 2.05) is 18.3 Å². The number of thioether (sulfide) groups is 1. The van der Waals surface area contributed by atoms with Crippen molar-refractivity contribution in [3.63, 3.8) is 0 Å². The fourth-order valence-corrected chi connectivity index (χ4v) is 1.89. The number of hydrogen-bond donors (Lipinski definition) is 1. The number of aromatic nitrogens is 3. The summed E-state index contributed by atoms with van der Waals surface area (Å²) in [5, 5.41) is 0.765. The average Bonchev–Trinajstić information content (AvgIpc) is 2.29. The summed E-state index contributed by atoms with van der Waals surface area (Å²) in [7, 11) is 0. The molecule has 0 saturated heterocycles. The highest BCUT2D eigenvalue weighted by Gasteiger charge is 2.01. The van der Waals surface area contributed by atoms with Crippen LogP contribution >= 0.6 is 11.8 Å². The van der Waals surface area contributed by atoms with Gasteiger partial charge >= 0.3 is 0 Å². The first-order chi connectivity index (χ1) is 7.36. The van der Waals surface area contributed by atoms with Gasteiger partial charge in [0.1, 0.15) is 5.03 Å². The van der Waals surface area contributed by atoms with E-state index in [1.165, 1.54) is 0 Å². The molecule has 2 rings (SSSR count). The van der Waals surface area contributed by atoms with Gasteiger partial charge in [0.2, 0.25) is 0 Å². The van der Waals surface area contributed by atoms with E-state index in [0.717, 1.165) is 16.3 Å². The van der Waals surface area contributed by atoms with Gasteiger partial charge in [-0.25, -0.2) is 9.97 Å². The molecule has 2 aromatic heterocycles. The van der Waals surface area contributed by atoms with Crippen molar-refractivity contribution >= 4 is 17.6 Å². The zero-order valence-corrected chi connectivity index (χ0v) is 8.81. The number of anilines is 1. The molecule has 0 aliphatic heterocycles. The van der Waals surface area contributed by atoms with Gasteiger partial charge in [-0.1, -0.05) is 17.8 Å². The highest BCUT2D eigenvalue weighted by atomic mass is 32.2. The lowest BCUT2D eigenvalue weighted by Gasteiger charge is -2.02. The molecule has 0 saturated carbocycles. The second-order valence-electron chi connectivity index (χ2n) is 2.90. The third-order valence-corrected chi connectivity index (χ3v) is 2.86. The predicted octanol–water partition coefficient (Wildman–Crippen LogP) is 1.75. The second-order valence-corrected chi connectivity index (χ2v) is 3.86. The van der Waals surface area contributed by atoms with Crippen LogP contribution in [0, 0.1) is 0 Å². The van der Waals surface area contributed by atoms with Gasteiger partial charge < -0.3 is 5.73 Å². The molecule has 0 unspecified atom stereocenters. The van der Waals surface area contributed by atoms with Gasteiger partial charge in [0.05, 0.1) is 0 Å². The predicted molar refractivity (Wildman–Crippen MR) is 60.2 cm³/mol. The Morgan fingerprint density at radius 1 is 1.20 bits per heavy atom. The second kappa shape index (κ2) is 4.75. The van der Waals surface area contributed by atoms with E-state index in [-0.39, 0.29) is 0 Å². The Morgan fingerprint density at radius 3 is 2.80 bits per heavy atom. The Bertz CT molecular complexity index is 432. The largest absolute Gasteiger partial charge is 0.381 e. The van der Waals surface area contributed by atoms with Crippen molar-refractivity contribution in [2.45, 2.75) is 10.8 Å². The highest BCUT2D eigenvalue weighted by Crippen LogP contribution is 2.23. The van der Waals surface area contributed by atoms with E-state index in [1.54, 1.807) is 30.4 Å². The Hall–Kier alpha value is -1.62. The molecular weight excluding hydrogens is 208 g/mol. The standard InChI is InChI=1S/C10H10N4S/c11-9-10(14-5-4-13-9)15-7-8-2-1-3-12-6-8/h1-6H,7H2,(H2,11,13). The molecule has 2 heterocycles. The molecule has 0 fully saturated rings. The Balaban J connectivity index is 2.03. The van der Waals surface area contributed by atoms with E-state index in [4.69, 9.17) is 5.73 Å². The highest BCUT2D eigenvalue weighted by molar-refractivity contribution is 7.98. The minimum atomic E-state index is 0.478. The lowest BCUT2D eigenvalue weighted by atomic mass is 10.3. The zero-order valence-electron chi connectivity index (χ0n) is 8.00. The Morgan fingerprint density at radius 2 is 2.07 bits per heavy atom. The first-order valence-corrected chi connectivity index (χ1v) is 5.43. The number of pyridine rings is 1. The molecule has 0 atom stereocenters. The van der Waals surface area contributed by atoms with Crippen LogP contribution in [0.3, 0.4) is 0 Å². The topological polar surface area (TPSA) is 64.7 Å². The average molecular weight is 218 g/mol. The molecule has 0 aliphatic carbocycles. The van der Waals surface area contributed by atoms with Gasteiger partial charge in [0.15, 0.2) is 5.82 Å². The molecule has 5 heteroatoms. The van der Waals surface area contributed by atoms with Gasteiger partial charge in [-0.15, -0.1) is 0 Å². The van der Waals surface area contributed by atoms with Crippen LogP contribution < -0.4 is 5.73 Å². The van der Waals surface area contributed by atoms with Crippen LogP contribution in [0.2, 0.25) is 0 Å². The van der Waals surface area contributed by atoms with Crippen molar-refractivity contribution in [3.05, 3.63) is 42.5 Å². The zero-order chi connectivity index (χ0) is 10.5. The molecule has 15 heavy (non-hydrogen) atoms. The van der Waals surface area contributed by atoms with Gasteiger partial charge in [-0.2, -0.15) is 0 Å². The van der Waals surface area contributed by atoms with Crippen LogP contribution in [0.15, 0.2) is 41.9 Å². The van der Waals surface area contributed by atoms with Crippen molar-refractivity contribution in [1.82, 2.24) is 15.0 Å². The summed E-state index contributed by atoms with van der Waals surface area (Å²) in [4.78, 5) is 12.2. The molecule has 2 aromatic rings. The molecule has 2 N–H and O–H groups in total. The minimum absolute atomic E-state index is 0.478. The maximum atomic E-state index is 5.67. The van der Waals surface area contributed by atoms with Gasteiger partial charge in [0, 0.05) is 30.5 Å². The summed E-state index contributed by atoms with van der Waals surface area (Å²) in [6, 6.07) is 3.93. The monoisotopic (exact) mass is 218 g/mol. The number of nitrogens with two attached hydrogens (primary N) is 1. The fraction of sp³-hybridized carbons (Fsp3) is 0.100. The van der Waals surface area contributed by atoms with Crippen LogP contribution in [0.1, 0.15) is 5.56 Å². The summed E-state index contributed by atoms with van der Waals surface area (Å²) < 4.78 is 0. The Kier molecular flexibility index (Phi) is 3.14. The molecular formula is C10H10N4S. The van der Waals surface area contributed by atoms with Crippen molar-refractivity contribution in [3.8, 4) is 0 Å². The van der Waals surface area contributed by atoms with Crippen molar-refractivity contribution in [1.29, 1.82) is 0 Å². The molecule has 0 aromatic carbocycles. The van der Waals surface area contributed by atoms with E-state index in [9.17, 15) is 0 Å². The quantitative estimate of drug-likeness (QED) is 0.795. The first kappa shape index (κ1) is 9.92. The van der Waals surface area contributed by atoms with Gasteiger partial charge in [-0.05, 0) is 11.6 Å².